The summed E-state index contributed by atoms with van der Waals surface area (Å²) in [5, 5.41) is 0.648. The zero-order valence-corrected chi connectivity index (χ0v) is 15.5. The van der Waals surface area contributed by atoms with Gasteiger partial charge in [0.1, 0.15) is 17.9 Å². The lowest BCUT2D eigenvalue weighted by Gasteiger charge is -2.08. The van der Waals surface area contributed by atoms with Crippen molar-refractivity contribution in [2.45, 2.75) is 19.6 Å². The van der Waals surface area contributed by atoms with Crippen LogP contribution in [0.5, 0.6) is 5.75 Å². The van der Waals surface area contributed by atoms with Crippen LogP contribution >= 0.6 is 0 Å². The van der Waals surface area contributed by atoms with Crippen LogP contribution in [0.3, 0.4) is 0 Å². The number of carbonyl (C=O) groups excluding carboxylic acids is 1. The van der Waals surface area contributed by atoms with Crippen LogP contribution in [0, 0.1) is 0 Å². The first kappa shape index (κ1) is 18.5. The van der Waals surface area contributed by atoms with E-state index in [1.165, 1.54) is 17.7 Å². The van der Waals surface area contributed by atoms with Crippen molar-refractivity contribution in [1.82, 2.24) is 4.57 Å². The van der Waals surface area contributed by atoms with Crippen LogP contribution in [-0.2, 0) is 22.7 Å². The van der Waals surface area contributed by atoms with Crippen LogP contribution in [0.1, 0.15) is 12.0 Å². The van der Waals surface area contributed by atoms with Gasteiger partial charge in [0.15, 0.2) is 5.58 Å². The highest BCUT2D eigenvalue weighted by Gasteiger charge is 2.13. The molecule has 4 rings (SSSR count). The molecule has 0 atom stereocenters. The fourth-order valence-corrected chi connectivity index (χ4v) is 3.12. The van der Waals surface area contributed by atoms with Gasteiger partial charge in [-0.15, -0.1) is 0 Å². The summed E-state index contributed by atoms with van der Waals surface area (Å²) in [6, 6.07) is 13.3. The van der Waals surface area contributed by atoms with Gasteiger partial charge < -0.3 is 18.3 Å². The average Bonchev–Trinajstić information content (AvgIpc) is 3.04. The molecule has 2 aromatic heterocycles. The van der Waals surface area contributed by atoms with Gasteiger partial charge in [0, 0.05) is 29.6 Å². The number of aryl methyl sites for hydroxylation is 1. The monoisotopic (exact) mass is 395 g/mol. The third-order valence-electron chi connectivity index (χ3n) is 4.54. The van der Waals surface area contributed by atoms with Crippen molar-refractivity contribution in [3.8, 4) is 5.75 Å². The number of methoxy groups -OCH3 is 1. The smallest absolute Gasteiger partial charge is 0.419 e. The Balaban J connectivity index is 1.46. The van der Waals surface area contributed by atoms with Crippen LogP contribution in [0.2, 0.25) is 0 Å². The molecule has 0 saturated carbocycles. The van der Waals surface area contributed by atoms with E-state index >= 15 is 0 Å². The lowest BCUT2D eigenvalue weighted by Crippen LogP contribution is -2.17. The molecule has 0 amide bonds. The van der Waals surface area contributed by atoms with Crippen molar-refractivity contribution in [2.24, 2.45) is 0 Å². The number of nitrogens with zero attached hydrogens (tertiary/aromatic N) is 1. The Hall–Kier alpha value is -3.81. The van der Waals surface area contributed by atoms with Crippen molar-refractivity contribution in [1.29, 1.82) is 0 Å². The van der Waals surface area contributed by atoms with Gasteiger partial charge >= 0.3 is 17.4 Å². The second-order valence-electron chi connectivity index (χ2n) is 6.35. The minimum Gasteiger partial charge on any atom is -0.497 e. The minimum atomic E-state index is -0.548. The summed E-state index contributed by atoms with van der Waals surface area (Å²) in [6.07, 6.45) is -0.0172. The fraction of sp³-hybridized carbons (Fsp3) is 0.190. The molecule has 2 heterocycles. The number of para-hydroxylation sites is 2. The lowest BCUT2D eigenvalue weighted by molar-refractivity contribution is -0.145. The third kappa shape index (κ3) is 3.77. The van der Waals surface area contributed by atoms with E-state index in [4.69, 9.17) is 18.3 Å². The maximum absolute atomic E-state index is 12.2. The number of aromatic nitrogens is 1. The summed E-state index contributed by atoms with van der Waals surface area (Å²) < 4.78 is 22.1. The molecule has 0 aliphatic heterocycles. The van der Waals surface area contributed by atoms with E-state index < -0.39 is 17.4 Å². The summed E-state index contributed by atoms with van der Waals surface area (Å²) in [6.45, 7) is 0.0395. The highest BCUT2D eigenvalue weighted by atomic mass is 16.5. The molecular weight excluding hydrogens is 378 g/mol. The van der Waals surface area contributed by atoms with Gasteiger partial charge in [-0.2, -0.15) is 0 Å². The first-order chi connectivity index (χ1) is 14.0. The van der Waals surface area contributed by atoms with Gasteiger partial charge in [-0.25, -0.2) is 9.59 Å². The molecule has 148 valence electrons. The Morgan fingerprint density at radius 1 is 1.03 bits per heavy atom. The fourth-order valence-electron chi connectivity index (χ4n) is 3.12. The Morgan fingerprint density at radius 2 is 1.86 bits per heavy atom. The summed E-state index contributed by atoms with van der Waals surface area (Å²) in [4.78, 5) is 35.9. The number of rotatable bonds is 6. The normalized spacial score (nSPS) is 11.1. The molecule has 0 fully saturated rings. The maximum Gasteiger partial charge on any atom is 0.419 e. The standard InChI is InChI=1S/C21H17NO7/c1-26-14-6-7-15-13(10-20(24)28-18(15)11-14)12-27-19(23)8-9-22-16-4-2-3-5-17(16)29-21(22)25/h2-7,10-11H,8-9,12H2,1H3. The van der Waals surface area contributed by atoms with Crippen LogP contribution in [-0.4, -0.2) is 17.6 Å². The highest BCUT2D eigenvalue weighted by molar-refractivity contribution is 5.81. The van der Waals surface area contributed by atoms with Crippen LogP contribution in [0.25, 0.3) is 22.1 Å². The van der Waals surface area contributed by atoms with E-state index in [9.17, 15) is 14.4 Å². The first-order valence-corrected chi connectivity index (χ1v) is 8.90. The largest absolute Gasteiger partial charge is 0.497 e. The number of ether oxygens (including phenoxy) is 2. The van der Waals surface area contributed by atoms with Gasteiger partial charge in [0.05, 0.1) is 19.0 Å². The molecule has 0 saturated heterocycles. The second-order valence-corrected chi connectivity index (χ2v) is 6.35. The van der Waals surface area contributed by atoms with Crippen molar-refractivity contribution < 1.29 is 23.1 Å². The second kappa shape index (κ2) is 7.67. The van der Waals surface area contributed by atoms with E-state index in [0.717, 1.165) is 0 Å². The van der Waals surface area contributed by atoms with E-state index in [1.54, 1.807) is 42.5 Å². The predicted molar refractivity (Wildman–Crippen MR) is 104 cm³/mol. The number of benzene rings is 2. The molecule has 0 aliphatic carbocycles. The first-order valence-electron chi connectivity index (χ1n) is 8.90. The van der Waals surface area contributed by atoms with Gasteiger partial charge in [-0.3, -0.25) is 9.36 Å². The zero-order valence-electron chi connectivity index (χ0n) is 15.5. The Labute approximate surface area is 163 Å². The summed E-state index contributed by atoms with van der Waals surface area (Å²) >= 11 is 0. The Morgan fingerprint density at radius 3 is 2.69 bits per heavy atom. The van der Waals surface area contributed by atoms with Crippen LogP contribution < -0.4 is 16.1 Å². The van der Waals surface area contributed by atoms with Crippen LogP contribution in [0.15, 0.2) is 67.0 Å². The molecule has 0 N–H and O–H groups in total. The van der Waals surface area contributed by atoms with Gasteiger partial charge in [0.25, 0.3) is 0 Å². The lowest BCUT2D eigenvalue weighted by atomic mass is 10.1. The molecule has 0 aliphatic rings. The Bertz CT molecular complexity index is 1310. The quantitative estimate of drug-likeness (QED) is 0.365. The van der Waals surface area contributed by atoms with Crippen molar-refractivity contribution in [3.63, 3.8) is 0 Å². The highest BCUT2D eigenvalue weighted by Crippen LogP contribution is 2.23. The SMILES string of the molecule is COc1ccc2c(COC(=O)CCn3c(=O)oc4ccccc43)cc(=O)oc2c1. The van der Waals surface area contributed by atoms with Crippen molar-refractivity contribution in [2.75, 3.05) is 7.11 Å². The molecule has 0 radical (unpaired) electrons. The number of hydrogen-bond acceptors (Lipinski definition) is 7. The molecule has 8 heteroatoms. The molecule has 8 nitrogen and oxygen atoms in total. The summed E-state index contributed by atoms with van der Waals surface area (Å²) in [5.41, 5.74) is 1.40. The van der Waals surface area contributed by atoms with Crippen LogP contribution in [0.4, 0.5) is 0 Å². The number of oxazole rings is 1. The van der Waals surface area contributed by atoms with Gasteiger partial charge in [-0.1, -0.05) is 12.1 Å². The molecule has 0 bridgehead atoms. The third-order valence-corrected chi connectivity index (χ3v) is 4.54. The van der Waals surface area contributed by atoms with E-state index in [0.29, 0.717) is 33.4 Å². The minimum absolute atomic E-state index is 0.0172. The van der Waals surface area contributed by atoms with Crippen molar-refractivity contribution in [3.05, 3.63) is 75.1 Å². The number of esters is 1. The summed E-state index contributed by atoms with van der Waals surface area (Å²) in [7, 11) is 1.51. The van der Waals surface area contributed by atoms with E-state index in [-0.39, 0.29) is 19.6 Å². The molecule has 0 unspecified atom stereocenters. The number of fused-ring (bicyclic) bond motifs is 2. The van der Waals surface area contributed by atoms with E-state index in [1.807, 2.05) is 0 Å². The average molecular weight is 395 g/mol. The molecule has 29 heavy (non-hydrogen) atoms. The van der Waals surface area contributed by atoms with Gasteiger partial charge in [0.2, 0.25) is 0 Å². The molecule has 2 aromatic carbocycles. The summed E-state index contributed by atoms with van der Waals surface area (Å²) in [5.74, 6) is -0.482. The van der Waals surface area contributed by atoms with E-state index in [2.05, 4.69) is 0 Å². The zero-order chi connectivity index (χ0) is 20.4. The maximum atomic E-state index is 12.2. The molecule has 0 spiro atoms. The predicted octanol–water partition coefficient (Wildman–Crippen LogP) is 2.84. The molecular formula is C21H17NO7. The Kier molecular flexibility index (Phi) is 4.90. The molecule has 4 aromatic rings. The van der Waals surface area contributed by atoms with Crippen molar-refractivity contribution >= 4 is 28.0 Å². The topological polar surface area (TPSA) is 101 Å². The van der Waals surface area contributed by atoms with Gasteiger partial charge in [-0.05, 0) is 24.3 Å². The number of hydrogen-bond donors (Lipinski definition) is 0. The number of carbonyl (C=O) groups is 1.